The van der Waals surface area contributed by atoms with Crippen LogP contribution in [0.3, 0.4) is 0 Å². The van der Waals surface area contributed by atoms with Crippen LogP contribution in [0, 0.1) is 12.8 Å². The van der Waals surface area contributed by atoms with Gasteiger partial charge in [0.2, 0.25) is 6.41 Å². The molecule has 0 saturated carbocycles. The minimum atomic E-state index is -0.575. The SMILES string of the molecule is Cc1ccc(N2CCC(OCC3CCNCC3)CC2)cc1CN(C=O)C(C=O)CCC=O. The molecule has 2 fully saturated rings. The van der Waals surface area contributed by atoms with Crippen LogP contribution in [0.15, 0.2) is 18.2 Å². The molecule has 7 heteroatoms. The topological polar surface area (TPSA) is 79.0 Å². The zero-order valence-corrected chi connectivity index (χ0v) is 19.2. The number of rotatable bonds is 12. The van der Waals surface area contributed by atoms with Crippen molar-refractivity contribution >= 4 is 24.7 Å². The summed E-state index contributed by atoms with van der Waals surface area (Å²) in [7, 11) is 0. The van der Waals surface area contributed by atoms with Crippen LogP contribution in [-0.2, 0) is 25.7 Å². The Kier molecular flexibility index (Phi) is 9.68. The molecule has 1 N–H and O–H groups in total. The Hall–Kier alpha value is -2.25. The van der Waals surface area contributed by atoms with Crippen LogP contribution in [0.5, 0.6) is 0 Å². The molecule has 0 aliphatic carbocycles. The highest BCUT2D eigenvalue weighted by Crippen LogP contribution is 2.26. The van der Waals surface area contributed by atoms with E-state index >= 15 is 0 Å². The van der Waals surface area contributed by atoms with Gasteiger partial charge in [0.1, 0.15) is 12.6 Å². The van der Waals surface area contributed by atoms with Crippen molar-refractivity contribution in [2.45, 2.75) is 64.1 Å². The Balaban J connectivity index is 1.55. The number of piperidine rings is 2. The summed E-state index contributed by atoms with van der Waals surface area (Å²) < 4.78 is 6.23. The molecule has 1 aromatic rings. The van der Waals surface area contributed by atoms with Gasteiger partial charge < -0.3 is 29.4 Å². The average Bonchev–Trinajstić information content (AvgIpc) is 2.84. The lowest BCUT2D eigenvalue weighted by molar-refractivity contribution is -0.126. The summed E-state index contributed by atoms with van der Waals surface area (Å²) in [4.78, 5) is 37.6. The Labute approximate surface area is 191 Å². The molecule has 2 heterocycles. The summed E-state index contributed by atoms with van der Waals surface area (Å²) in [5, 5.41) is 3.40. The van der Waals surface area contributed by atoms with Crippen LogP contribution in [-0.4, -0.2) is 68.8 Å². The lowest BCUT2D eigenvalue weighted by Gasteiger charge is -2.35. The van der Waals surface area contributed by atoms with E-state index < -0.39 is 6.04 Å². The first kappa shape index (κ1) is 24.4. The number of aldehydes is 2. The van der Waals surface area contributed by atoms with Crippen molar-refractivity contribution in [3.8, 4) is 0 Å². The van der Waals surface area contributed by atoms with Crippen molar-refractivity contribution in [1.82, 2.24) is 10.2 Å². The highest BCUT2D eigenvalue weighted by atomic mass is 16.5. The van der Waals surface area contributed by atoms with Gasteiger partial charge in [-0.05, 0) is 81.3 Å². The van der Waals surface area contributed by atoms with E-state index in [1.807, 2.05) is 6.92 Å². The van der Waals surface area contributed by atoms with Crippen LogP contribution in [0.4, 0.5) is 5.69 Å². The fraction of sp³-hybridized carbons (Fsp3) is 0.640. The van der Waals surface area contributed by atoms with E-state index in [1.54, 1.807) is 0 Å². The molecule has 1 atom stereocenters. The van der Waals surface area contributed by atoms with E-state index in [0.29, 0.717) is 31.4 Å². The van der Waals surface area contributed by atoms with Crippen LogP contribution in [0.2, 0.25) is 0 Å². The smallest absolute Gasteiger partial charge is 0.210 e. The largest absolute Gasteiger partial charge is 0.378 e. The first-order valence-corrected chi connectivity index (χ1v) is 11.9. The zero-order valence-electron chi connectivity index (χ0n) is 19.2. The highest BCUT2D eigenvalue weighted by Gasteiger charge is 2.23. The molecule has 7 nitrogen and oxygen atoms in total. The molecule has 0 spiro atoms. The minimum absolute atomic E-state index is 0.265. The molecule has 2 aliphatic rings. The number of anilines is 1. The number of nitrogens with zero attached hydrogens (tertiary/aromatic N) is 2. The van der Waals surface area contributed by atoms with Gasteiger partial charge in [0, 0.05) is 38.3 Å². The van der Waals surface area contributed by atoms with Crippen molar-refractivity contribution in [1.29, 1.82) is 0 Å². The van der Waals surface area contributed by atoms with Gasteiger partial charge in [-0.3, -0.25) is 4.79 Å². The van der Waals surface area contributed by atoms with Gasteiger partial charge in [-0.2, -0.15) is 0 Å². The first-order valence-electron chi connectivity index (χ1n) is 11.9. The molecule has 32 heavy (non-hydrogen) atoms. The van der Waals surface area contributed by atoms with Gasteiger partial charge in [0.05, 0.1) is 12.1 Å². The van der Waals surface area contributed by atoms with Gasteiger partial charge in [-0.15, -0.1) is 0 Å². The maximum atomic E-state index is 11.6. The molecule has 1 unspecified atom stereocenters. The Bertz CT molecular complexity index is 743. The third-order valence-corrected chi connectivity index (χ3v) is 6.82. The number of aryl methyl sites for hydroxylation is 1. The van der Waals surface area contributed by atoms with Crippen molar-refractivity contribution in [2.75, 3.05) is 37.7 Å². The van der Waals surface area contributed by atoms with Gasteiger partial charge in [0.15, 0.2) is 0 Å². The summed E-state index contributed by atoms with van der Waals surface area (Å²) in [5.41, 5.74) is 3.25. The molecular weight excluding hydrogens is 406 g/mol. The molecule has 1 aromatic carbocycles. The number of hydrogen-bond acceptors (Lipinski definition) is 6. The van der Waals surface area contributed by atoms with Gasteiger partial charge in [-0.25, -0.2) is 0 Å². The molecule has 1 amide bonds. The number of hydrogen-bond donors (Lipinski definition) is 1. The van der Waals surface area contributed by atoms with Gasteiger partial charge in [0.25, 0.3) is 0 Å². The summed E-state index contributed by atoms with van der Waals surface area (Å²) in [5.74, 6) is 0.691. The van der Waals surface area contributed by atoms with Crippen LogP contribution < -0.4 is 10.2 Å². The molecule has 0 aromatic heterocycles. The third kappa shape index (κ3) is 6.87. The fourth-order valence-electron chi connectivity index (χ4n) is 4.61. The van der Waals surface area contributed by atoms with E-state index in [0.717, 1.165) is 75.0 Å². The number of nitrogens with one attached hydrogen (secondary N) is 1. The van der Waals surface area contributed by atoms with E-state index in [2.05, 4.69) is 28.4 Å². The Morgan fingerprint density at radius 2 is 1.91 bits per heavy atom. The summed E-state index contributed by atoms with van der Waals surface area (Å²) in [6, 6.07) is 5.76. The zero-order chi connectivity index (χ0) is 22.8. The minimum Gasteiger partial charge on any atom is -0.378 e. The molecule has 2 saturated heterocycles. The summed E-state index contributed by atoms with van der Waals surface area (Å²) in [6.07, 6.45) is 7.67. The normalized spacial score (nSPS) is 18.8. The maximum Gasteiger partial charge on any atom is 0.210 e. The molecule has 176 valence electrons. The third-order valence-electron chi connectivity index (χ3n) is 6.82. The van der Waals surface area contributed by atoms with E-state index in [1.165, 1.54) is 17.7 Å². The number of carbonyl (C=O) groups is 3. The monoisotopic (exact) mass is 443 g/mol. The van der Waals surface area contributed by atoms with E-state index in [4.69, 9.17) is 4.74 Å². The summed E-state index contributed by atoms with van der Waals surface area (Å²) in [6.45, 7) is 7.37. The number of ether oxygens (including phenoxy) is 1. The summed E-state index contributed by atoms with van der Waals surface area (Å²) >= 11 is 0. The Morgan fingerprint density at radius 1 is 1.16 bits per heavy atom. The Morgan fingerprint density at radius 3 is 2.56 bits per heavy atom. The van der Waals surface area contributed by atoms with Crippen LogP contribution in [0.1, 0.15) is 49.7 Å². The fourth-order valence-corrected chi connectivity index (χ4v) is 4.61. The van der Waals surface area contributed by atoms with Crippen molar-refractivity contribution < 1.29 is 19.1 Å². The maximum absolute atomic E-state index is 11.6. The lowest BCUT2D eigenvalue weighted by atomic mass is 9.99. The number of benzene rings is 1. The van der Waals surface area contributed by atoms with Crippen LogP contribution in [0.25, 0.3) is 0 Å². The van der Waals surface area contributed by atoms with Crippen LogP contribution >= 0.6 is 0 Å². The van der Waals surface area contributed by atoms with Gasteiger partial charge >= 0.3 is 0 Å². The van der Waals surface area contributed by atoms with Crippen molar-refractivity contribution in [3.63, 3.8) is 0 Å². The highest BCUT2D eigenvalue weighted by molar-refractivity contribution is 5.65. The van der Waals surface area contributed by atoms with E-state index in [9.17, 15) is 14.4 Å². The number of carbonyl (C=O) groups excluding carboxylic acids is 3. The molecule has 3 rings (SSSR count). The standard InChI is InChI=1S/C25H37N3O4/c1-20-4-5-23(15-22(20)16-28(19-31)24(17-30)3-2-14-29)27-12-8-25(9-13-27)32-18-21-6-10-26-11-7-21/h4-5,14-15,17,19,21,24-26H,2-3,6-13,16,18H2,1H3. The van der Waals surface area contributed by atoms with Crippen molar-refractivity contribution in [3.05, 3.63) is 29.3 Å². The number of amides is 1. The van der Waals surface area contributed by atoms with Gasteiger partial charge in [-0.1, -0.05) is 6.07 Å². The molecular formula is C25H37N3O4. The van der Waals surface area contributed by atoms with E-state index in [-0.39, 0.29) is 6.42 Å². The predicted molar refractivity (Wildman–Crippen MR) is 125 cm³/mol. The average molecular weight is 444 g/mol. The first-order chi connectivity index (χ1) is 15.6. The predicted octanol–water partition coefficient (Wildman–Crippen LogP) is 2.49. The second-order valence-corrected chi connectivity index (χ2v) is 9.05. The lowest BCUT2D eigenvalue weighted by Crippen LogP contribution is -2.38. The molecule has 0 radical (unpaired) electrons. The molecule has 0 bridgehead atoms. The second-order valence-electron chi connectivity index (χ2n) is 9.05. The second kappa shape index (κ2) is 12.7. The van der Waals surface area contributed by atoms with Crippen molar-refractivity contribution in [2.24, 2.45) is 5.92 Å². The molecule has 2 aliphatic heterocycles. The quantitative estimate of drug-likeness (QED) is 0.500.